The second-order valence-corrected chi connectivity index (χ2v) is 7.53. The van der Waals surface area contributed by atoms with Crippen molar-refractivity contribution in [1.82, 2.24) is 10.6 Å². The second-order valence-electron chi connectivity index (χ2n) is 7.53. The molecule has 1 aromatic carbocycles. The largest absolute Gasteiger partial charge is 0.377 e. The van der Waals surface area contributed by atoms with E-state index in [1.807, 2.05) is 36.4 Å². The number of benzene rings is 1. The molecule has 0 radical (unpaired) electrons. The summed E-state index contributed by atoms with van der Waals surface area (Å²) in [5.41, 5.74) is 0.852. The third-order valence-electron chi connectivity index (χ3n) is 4.42. The fourth-order valence-electron chi connectivity index (χ4n) is 2.95. The topological polar surface area (TPSA) is 67.4 Å². The molecule has 0 bridgehead atoms. The van der Waals surface area contributed by atoms with Crippen LogP contribution < -0.4 is 10.6 Å². The highest BCUT2D eigenvalue weighted by atomic mass is 16.5. The molecule has 0 aromatic heterocycles. The van der Waals surface area contributed by atoms with E-state index in [0.29, 0.717) is 39.0 Å². The van der Waals surface area contributed by atoms with Crippen LogP contribution in [0.1, 0.15) is 51.1 Å². The van der Waals surface area contributed by atoms with Crippen molar-refractivity contribution in [2.75, 3.05) is 19.8 Å². The number of ether oxygens (including phenoxy) is 1. The molecule has 0 aliphatic carbocycles. The van der Waals surface area contributed by atoms with Gasteiger partial charge in [0.2, 0.25) is 11.8 Å². The molecule has 1 heterocycles. The minimum atomic E-state index is -0.233. The number of amides is 2. The number of hydrogen-bond acceptors (Lipinski definition) is 3. The Bertz CT molecular complexity index is 611. The van der Waals surface area contributed by atoms with Crippen LogP contribution in [0.2, 0.25) is 0 Å². The first-order valence-electron chi connectivity index (χ1n) is 9.30. The van der Waals surface area contributed by atoms with E-state index in [2.05, 4.69) is 30.6 Å². The molecule has 0 saturated carbocycles. The third-order valence-corrected chi connectivity index (χ3v) is 4.42. The zero-order valence-corrected chi connectivity index (χ0v) is 15.8. The van der Waals surface area contributed by atoms with Gasteiger partial charge in [-0.15, -0.1) is 0 Å². The molecule has 5 heteroatoms. The van der Waals surface area contributed by atoms with Crippen LogP contribution in [-0.2, 0) is 14.3 Å². The van der Waals surface area contributed by atoms with Gasteiger partial charge < -0.3 is 15.4 Å². The molecule has 1 aliphatic rings. The Labute approximate surface area is 156 Å². The molecule has 26 heavy (non-hydrogen) atoms. The van der Waals surface area contributed by atoms with Crippen LogP contribution >= 0.6 is 0 Å². The summed E-state index contributed by atoms with van der Waals surface area (Å²) < 4.78 is 5.52. The fraction of sp³-hybridized carbons (Fsp3) is 0.524. The SMILES string of the molecule is CC1(C)C/C=C\COCCCC(=O)NCC(c2ccccc2)NC(=O)C1. The summed E-state index contributed by atoms with van der Waals surface area (Å²) in [7, 11) is 0. The third kappa shape index (κ3) is 7.40. The molecule has 0 spiro atoms. The quantitative estimate of drug-likeness (QED) is 0.758. The summed E-state index contributed by atoms with van der Waals surface area (Å²) in [6, 6.07) is 9.52. The van der Waals surface area contributed by atoms with Crippen LogP contribution in [0.25, 0.3) is 0 Å². The molecule has 1 atom stereocenters. The summed E-state index contributed by atoms with van der Waals surface area (Å²) in [5.74, 6) is -0.0263. The van der Waals surface area contributed by atoms with E-state index in [9.17, 15) is 9.59 Å². The Kier molecular flexibility index (Phi) is 7.85. The average molecular weight is 358 g/mol. The van der Waals surface area contributed by atoms with E-state index >= 15 is 0 Å². The maximum absolute atomic E-state index is 12.6. The van der Waals surface area contributed by atoms with Gasteiger partial charge in [-0.25, -0.2) is 0 Å². The Balaban J connectivity index is 2.10. The number of carbonyl (C=O) groups excluding carboxylic acids is 2. The Morgan fingerprint density at radius 1 is 1.08 bits per heavy atom. The van der Waals surface area contributed by atoms with Crippen molar-refractivity contribution in [3.05, 3.63) is 48.0 Å². The van der Waals surface area contributed by atoms with Gasteiger partial charge in [0.05, 0.1) is 12.6 Å². The van der Waals surface area contributed by atoms with Gasteiger partial charge in [0, 0.05) is 26.0 Å². The first kappa shape index (κ1) is 20.2. The van der Waals surface area contributed by atoms with Crippen molar-refractivity contribution in [3.8, 4) is 0 Å². The van der Waals surface area contributed by atoms with Crippen molar-refractivity contribution in [2.45, 2.75) is 45.6 Å². The van der Waals surface area contributed by atoms with E-state index in [1.165, 1.54) is 0 Å². The van der Waals surface area contributed by atoms with Crippen molar-refractivity contribution in [3.63, 3.8) is 0 Å². The maximum Gasteiger partial charge on any atom is 0.221 e. The number of carbonyl (C=O) groups is 2. The molecular formula is C21H30N2O3. The number of hydrogen-bond donors (Lipinski definition) is 2. The molecule has 142 valence electrons. The van der Waals surface area contributed by atoms with E-state index < -0.39 is 0 Å². The summed E-state index contributed by atoms with van der Waals surface area (Å²) in [6.45, 7) is 5.66. The molecule has 5 nitrogen and oxygen atoms in total. The van der Waals surface area contributed by atoms with Gasteiger partial charge in [0.25, 0.3) is 0 Å². The highest BCUT2D eigenvalue weighted by molar-refractivity contribution is 5.78. The van der Waals surface area contributed by atoms with Crippen molar-refractivity contribution < 1.29 is 14.3 Å². The van der Waals surface area contributed by atoms with E-state index in [4.69, 9.17) is 4.74 Å². The molecular weight excluding hydrogens is 328 g/mol. The summed E-state index contributed by atoms with van der Waals surface area (Å²) in [5, 5.41) is 6.02. The normalized spacial score (nSPS) is 24.3. The monoisotopic (exact) mass is 358 g/mol. The second kappa shape index (κ2) is 10.1. The molecule has 2 amide bonds. The van der Waals surface area contributed by atoms with E-state index in [1.54, 1.807) is 0 Å². The van der Waals surface area contributed by atoms with Gasteiger partial charge >= 0.3 is 0 Å². The fourth-order valence-corrected chi connectivity index (χ4v) is 2.95. The predicted molar refractivity (Wildman–Crippen MR) is 103 cm³/mol. The lowest BCUT2D eigenvalue weighted by molar-refractivity contribution is -0.125. The van der Waals surface area contributed by atoms with Gasteiger partial charge in [0.15, 0.2) is 0 Å². The standard InChI is InChI=1S/C21H30N2O3/c1-21(2)12-6-7-13-26-14-8-11-19(24)22-16-18(23-20(25)15-21)17-9-4-3-5-10-17/h3-7,9-10,18H,8,11-16H2,1-2H3,(H,22,24)(H,23,25)/b7-6-. The molecule has 2 rings (SSSR count). The zero-order valence-electron chi connectivity index (χ0n) is 15.8. The van der Waals surface area contributed by atoms with Crippen LogP contribution in [0.15, 0.2) is 42.5 Å². The van der Waals surface area contributed by atoms with Gasteiger partial charge in [-0.2, -0.15) is 0 Å². The Morgan fingerprint density at radius 2 is 1.85 bits per heavy atom. The number of rotatable bonds is 1. The molecule has 1 unspecified atom stereocenters. The smallest absolute Gasteiger partial charge is 0.221 e. The van der Waals surface area contributed by atoms with Gasteiger partial charge in [-0.3, -0.25) is 9.59 Å². The van der Waals surface area contributed by atoms with Crippen LogP contribution in [0.4, 0.5) is 0 Å². The molecule has 1 aromatic rings. The first-order chi connectivity index (χ1) is 12.5. The molecule has 0 saturated heterocycles. The number of nitrogens with one attached hydrogen (secondary N) is 2. The van der Waals surface area contributed by atoms with Crippen molar-refractivity contribution in [1.29, 1.82) is 0 Å². The first-order valence-corrected chi connectivity index (χ1v) is 9.30. The summed E-state index contributed by atoms with van der Waals surface area (Å²) in [4.78, 5) is 24.6. The average Bonchev–Trinajstić information content (AvgIpc) is 2.60. The van der Waals surface area contributed by atoms with E-state index in [-0.39, 0.29) is 23.3 Å². The Morgan fingerprint density at radius 3 is 2.62 bits per heavy atom. The van der Waals surface area contributed by atoms with Crippen LogP contribution in [0.5, 0.6) is 0 Å². The predicted octanol–water partition coefficient (Wildman–Crippen LogP) is 3.13. The molecule has 1 aliphatic heterocycles. The lowest BCUT2D eigenvalue weighted by Gasteiger charge is -2.25. The highest BCUT2D eigenvalue weighted by Crippen LogP contribution is 2.26. The lowest BCUT2D eigenvalue weighted by Crippen LogP contribution is -2.39. The molecule has 0 fully saturated rings. The van der Waals surface area contributed by atoms with Gasteiger partial charge in [0.1, 0.15) is 0 Å². The maximum atomic E-state index is 12.6. The van der Waals surface area contributed by atoms with Crippen LogP contribution in [-0.4, -0.2) is 31.6 Å². The lowest BCUT2D eigenvalue weighted by atomic mass is 9.85. The van der Waals surface area contributed by atoms with Gasteiger partial charge in [-0.1, -0.05) is 56.3 Å². The molecule has 2 N–H and O–H groups in total. The minimum Gasteiger partial charge on any atom is -0.377 e. The summed E-state index contributed by atoms with van der Waals surface area (Å²) >= 11 is 0. The van der Waals surface area contributed by atoms with Crippen molar-refractivity contribution in [2.24, 2.45) is 5.41 Å². The number of allylic oxidation sites excluding steroid dienone is 1. The van der Waals surface area contributed by atoms with E-state index in [0.717, 1.165) is 12.0 Å². The Hall–Kier alpha value is -2.14. The van der Waals surface area contributed by atoms with Gasteiger partial charge in [-0.05, 0) is 23.8 Å². The van der Waals surface area contributed by atoms with Crippen LogP contribution in [0, 0.1) is 5.41 Å². The highest BCUT2D eigenvalue weighted by Gasteiger charge is 2.23. The minimum absolute atomic E-state index is 0.00477. The zero-order chi connectivity index (χ0) is 18.8. The van der Waals surface area contributed by atoms with Crippen LogP contribution in [0.3, 0.4) is 0 Å². The summed E-state index contributed by atoms with van der Waals surface area (Å²) in [6.07, 6.45) is 6.41. The van der Waals surface area contributed by atoms with Crippen molar-refractivity contribution >= 4 is 11.8 Å².